The number of benzene rings is 2. The monoisotopic (exact) mass is 546 g/mol. The second kappa shape index (κ2) is 13.2. The lowest BCUT2D eigenvalue weighted by molar-refractivity contribution is -0.136. The van der Waals surface area contributed by atoms with Gasteiger partial charge in [-0.2, -0.15) is 0 Å². The number of aliphatic carboxylic acids is 1. The molecule has 9 heteroatoms. The summed E-state index contributed by atoms with van der Waals surface area (Å²) in [6, 6.07) is 19.5. The molecule has 2 N–H and O–H groups in total. The third kappa shape index (κ3) is 7.77. The van der Waals surface area contributed by atoms with Crippen LogP contribution in [0.1, 0.15) is 56.0 Å². The van der Waals surface area contributed by atoms with E-state index in [1.54, 1.807) is 23.5 Å². The maximum absolute atomic E-state index is 12.3. The van der Waals surface area contributed by atoms with Crippen molar-refractivity contribution in [1.82, 2.24) is 15.5 Å². The van der Waals surface area contributed by atoms with Gasteiger partial charge < -0.3 is 19.8 Å². The standard InChI is InChI=1S/C30H34N4O4S/c1-20(2)9-10-21(3)34(18-22-11-13-24(14-12-22)29(37)31-16-15-28(35)36)30-32-26(19-39-30)27-17-25(33-38-27)23-7-5-4-6-8-23/h4-8,11-14,17,19-21H,9-10,15-16,18H2,1-3H3,(H,31,37)(H,35,36). The molecule has 2 aromatic carbocycles. The van der Waals surface area contributed by atoms with Gasteiger partial charge in [0.05, 0.1) is 6.42 Å². The lowest BCUT2D eigenvalue weighted by atomic mass is 10.0. The van der Waals surface area contributed by atoms with Gasteiger partial charge in [0, 0.05) is 41.7 Å². The summed E-state index contributed by atoms with van der Waals surface area (Å²) in [4.78, 5) is 30.2. The predicted molar refractivity (Wildman–Crippen MR) is 154 cm³/mol. The number of carbonyl (C=O) groups excluding carboxylic acids is 1. The predicted octanol–water partition coefficient (Wildman–Crippen LogP) is 6.50. The van der Waals surface area contributed by atoms with Crippen LogP contribution in [0.4, 0.5) is 5.13 Å². The second-order valence-electron chi connectivity index (χ2n) is 10.0. The van der Waals surface area contributed by atoms with E-state index >= 15 is 0 Å². The van der Waals surface area contributed by atoms with Crippen LogP contribution in [0, 0.1) is 5.92 Å². The van der Waals surface area contributed by atoms with E-state index in [-0.39, 0.29) is 24.9 Å². The van der Waals surface area contributed by atoms with Crippen LogP contribution in [0.2, 0.25) is 0 Å². The summed E-state index contributed by atoms with van der Waals surface area (Å²) in [7, 11) is 0. The maximum atomic E-state index is 12.3. The number of anilines is 1. The third-order valence-corrected chi connectivity index (χ3v) is 7.33. The van der Waals surface area contributed by atoms with Crippen LogP contribution in [-0.2, 0) is 11.3 Å². The molecule has 0 radical (unpaired) electrons. The van der Waals surface area contributed by atoms with Gasteiger partial charge >= 0.3 is 5.97 Å². The fourth-order valence-corrected chi connectivity index (χ4v) is 5.05. The Kier molecular flexibility index (Phi) is 9.49. The molecule has 8 nitrogen and oxygen atoms in total. The quantitative estimate of drug-likeness (QED) is 0.197. The molecule has 0 spiro atoms. The fraction of sp³-hybridized carbons (Fsp3) is 0.333. The Hall–Kier alpha value is -3.98. The summed E-state index contributed by atoms with van der Waals surface area (Å²) < 4.78 is 5.64. The highest BCUT2D eigenvalue weighted by Crippen LogP contribution is 2.32. The number of aromatic nitrogens is 2. The number of amides is 1. The molecule has 0 aliphatic rings. The van der Waals surface area contributed by atoms with E-state index in [0.717, 1.165) is 40.5 Å². The Balaban J connectivity index is 1.50. The van der Waals surface area contributed by atoms with Crippen LogP contribution >= 0.6 is 11.3 Å². The summed E-state index contributed by atoms with van der Waals surface area (Å²) in [5.74, 6) is 0.00847. The molecule has 4 rings (SSSR count). The van der Waals surface area contributed by atoms with Crippen molar-refractivity contribution in [1.29, 1.82) is 0 Å². The molecule has 0 fully saturated rings. The van der Waals surface area contributed by atoms with Gasteiger partial charge in [0.1, 0.15) is 11.4 Å². The van der Waals surface area contributed by atoms with E-state index < -0.39 is 5.97 Å². The van der Waals surface area contributed by atoms with Crippen LogP contribution in [0.3, 0.4) is 0 Å². The van der Waals surface area contributed by atoms with Crippen LogP contribution in [-0.4, -0.2) is 39.7 Å². The molecule has 204 valence electrons. The first-order chi connectivity index (χ1) is 18.8. The van der Waals surface area contributed by atoms with Gasteiger partial charge in [-0.3, -0.25) is 9.59 Å². The Labute approximate surface area is 232 Å². The van der Waals surface area contributed by atoms with Gasteiger partial charge in [0.15, 0.2) is 10.9 Å². The van der Waals surface area contributed by atoms with Crippen LogP contribution in [0.15, 0.2) is 70.6 Å². The zero-order valence-electron chi connectivity index (χ0n) is 22.5. The molecule has 0 aliphatic carbocycles. The van der Waals surface area contributed by atoms with Crippen molar-refractivity contribution in [3.63, 3.8) is 0 Å². The molecule has 1 unspecified atom stereocenters. The van der Waals surface area contributed by atoms with E-state index in [1.165, 1.54) is 0 Å². The smallest absolute Gasteiger partial charge is 0.305 e. The minimum absolute atomic E-state index is 0.0987. The number of carbonyl (C=O) groups is 2. The fourth-order valence-electron chi connectivity index (χ4n) is 4.14. The molecular weight excluding hydrogens is 512 g/mol. The van der Waals surface area contributed by atoms with Gasteiger partial charge in [-0.15, -0.1) is 11.3 Å². The Bertz CT molecular complexity index is 1370. The topological polar surface area (TPSA) is 109 Å². The van der Waals surface area contributed by atoms with Crippen molar-refractivity contribution in [2.45, 2.75) is 52.6 Å². The largest absolute Gasteiger partial charge is 0.481 e. The molecule has 39 heavy (non-hydrogen) atoms. The highest BCUT2D eigenvalue weighted by molar-refractivity contribution is 7.14. The maximum Gasteiger partial charge on any atom is 0.305 e. The lowest BCUT2D eigenvalue weighted by Crippen LogP contribution is -2.33. The first-order valence-corrected chi connectivity index (χ1v) is 14.0. The zero-order chi connectivity index (χ0) is 27.8. The van der Waals surface area contributed by atoms with Crippen molar-refractivity contribution < 1.29 is 19.2 Å². The van der Waals surface area contributed by atoms with Crippen LogP contribution in [0.25, 0.3) is 22.7 Å². The zero-order valence-corrected chi connectivity index (χ0v) is 23.3. The number of hydrogen-bond donors (Lipinski definition) is 2. The number of carboxylic acids is 1. The van der Waals surface area contributed by atoms with Crippen LogP contribution < -0.4 is 10.2 Å². The van der Waals surface area contributed by atoms with E-state index in [0.29, 0.717) is 23.8 Å². The summed E-state index contributed by atoms with van der Waals surface area (Å²) in [5, 5.41) is 18.5. The number of nitrogens with one attached hydrogen (secondary N) is 1. The normalized spacial score (nSPS) is 11.9. The molecule has 4 aromatic rings. The minimum atomic E-state index is -0.942. The molecular formula is C30H34N4O4S. The van der Waals surface area contributed by atoms with Crippen molar-refractivity contribution in [3.8, 4) is 22.7 Å². The molecule has 2 heterocycles. The van der Waals surface area contributed by atoms with Gasteiger partial charge in [-0.25, -0.2) is 4.98 Å². The van der Waals surface area contributed by atoms with Gasteiger partial charge in [-0.05, 0) is 43.4 Å². The molecule has 0 bridgehead atoms. The van der Waals surface area contributed by atoms with Gasteiger partial charge in [0.25, 0.3) is 5.91 Å². The first kappa shape index (κ1) is 28.0. The lowest BCUT2D eigenvalue weighted by Gasteiger charge is -2.29. The van der Waals surface area contributed by atoms with E-state index in [1.807, 2.05) is 53.9 Å². The van der Waals surface area contributed by atoms with Gasteiger partial charge in [0.2, 0.25) is 0 Å². The first-order valence-electron chi connectivity index (χ1n) is 13.1. The van der Waals surface area contributed by atoms with Crippen LogP contribution in [0.5, 0.6) is 0 Å². The molecule has 1 atom stereocenters. The summed E-state index contributed by atoms with van der Waals surface area (Å²) in [5.41, 5.74) is 4.07. The minimum Gasteiger partial charge on any atom is -0.481 e. The second-order valence-corrected chi connectivity index (χ2v) is 10.8. The van der Waals surface area contributed by atoms with Crippen molar-refractivity contribution in [2.75, 3.05) is 11.4 Å². The number of nitrogens with zero attached hydrogens (tertiary/aromatic N) is 3. The number of rotatable bonds is 13. The average Bonchev–Trinajstić information content (AvgIpc) is 3.61. The highest BCUT2D eigenvalue weighted by atomic mass is 32.1. The Morgan fingerprint density at radius 1 is 1.03 bits per heavy atom. The van der Waals surface area contributed by atoms with E-state index in [4.69, 9.17) is 14.6 Å². The van der Waals surface area contributed by atoms with Gasteiger partial charge in [-0.1, -0.05) is 61.5 Å². The van der Waals surface area contributed by atoms with E-state index in [2.05, 4.69) is 36.1 Å². The molecule has 2 aromatic heterocycles. The summed E-state index contributed by atoms with van der Waals surface area (Å²) in [6.07, 6.45) is 2.02. The summed E-state index contributed by atoms with van der Waals surface area (Å²) in [6.45, 7) is 7.41. The van der Waals surface area contributed by atoms with Crippen molar-refractivity contribution in [3.05, 3.63) is 77.2 Å². The van der Waals surface area contributed by atoms with E-state index in [9.17, 15) is 9.59 Å². The third-order valence-electron chi connectivity index (χ3n) is 6.46. The Morgan fingerprint density at radius 3 is 2.46 bits per heavy atom. The number of carboxylic acid groups (broad SMARTS) is 1. The number of hydrogen-bond acceptors (Lipinski definition) is 7. The van der Waals surface area contributed by atoms with Crippen molar-refractivity contribution >= 4 is 28.3 Å². The van der Waals surface area contributed by atoms with Crippen molar-refractivity contribution in [2.24, 2.45) is 5.92 Å². The molecule has 1 amide bonds. The average molecular weight is 547 g/mol. The molecule has 0 saturated heterocycles. The number of thiazole rings is 1. The molecule has 0 aliphatic heterocycles. The SMILES string of the molecule is CC(C)CCC(C)N(Cc1ccc(C(=O)NCCC(=O)O)cc1)c1nc(-c2cc(-c3ccccc3)no2)cs1. The highest BCUT2D eigenvalue weighted by Gasteiger charge is 2.21. The Morgan fingerprint density at radius 2 is 1.77 bits per heavy atom. The summed E-state index contributed by atoms with van der Waals surface area (Å²) >= 11 is 1.57. The molecule has 0 saturated carbocycles.